The maximum Gasteiger partial charge on any atom is 0.341 e. The second-order valence-electron chi connectivity index (χ2n) is 6.95. The molecule has 0 saturated carbocycles. The monoisotopic (exact) mass is 385 g/mol. The number of carbonyl (C=O) groups excluding carboxylic acids is 2. The molecule has 0 radical (unpaired) electrons. The van der Waals surface area contributed by atoms with Crippen LogP contribution in [0.25, 0.3) is 0 Å². The molecule has 0 aromatic heterocycles. The Bertz CT molecular complexity index is 881. The van der Waals surface area contributed by atoms with Gasteiger partial charge in [0.1, 0.15) is 11.6 Å². The lowest BCUT2D eigenvalue weighted by Gasteiger charge is -2.20. The predicted octanol–water partition coefficient (Wildman–Crippen LogP) is 3.75. The van der Waals surface area contributed by atoms with Crippen molar-refractivity contribution in [1.82, 2.24) is 5.32 Å². The molecule has 5 nitrogen and oxygen atoms in total. The third kappa shape index (κ3) is 4.68. The first-order valence-corrected chi connectivity index (χ1v) is 9.39. The summed E-state index contributed by atoms with van der Waals surface area (Å²) in [6.07, 6.45) is 4.58. The van der Waals surface area contributed by atoms with Crippen LogP contribution in [-0.4, -0.2) is 25.6 Å². The highest BCUT2D eigenvalue weighted by atomic mass is 19.1. The molecule has 2 aromatic rings. The second-order valence-corrected chi connectivity index (χ2v) is 6.95. The van der Waals surface area contributed by atoms with Crippen LogP contribution >= 0.6 is 0 Å². The fourth-order valence-electron chi connectivity index (χ4n) is 3.39. The fourth-order valence-corrected chi connectivity index (χ4v) is 3.39. The highest BCUT2D eigenvalue weighted by Crippen LogP contribution is 2.24. The molecule has 1 amide bonds. The van der Waals surface area contributed by atoms with Gasteiger partial charge in [-0.25, -0.2) is 9.18 Å². The van der Waals surface area contributed by atoms with E-state index in [1.165, 1.54) is 43.2 Å². The molecule has 1 N–H and O–H groups in total. The SMILES string of the molecule is COc1ccc(C(=O)OCC(=O)N[C@H](C)c2ccc3c(c2)CCCC3)c(F)c1. The van der Waals surface area contributed by atoms with Crippen molar-refractivity contribution in [2.75, 3.05) is 13.7 Å². The zero-order chi connectivity index (χ0) is 20.1. The van der Waals surface area contributed by atoms with Gasteiger partial charge in [-0.3, -0.25) is 4.79 Å². The highest BCUT2D eigenvalue weighted by Gasteiger charge is 2.18. The second kappa shape index (κ2) is 8.87. The van der Waals surface area contributed by atoms with Crippen molar-refractivity contribution in [3.8, 4) is 5.75 Å². The number of esters is 1. The number of hydrogen-bond acceptors (Lipinski definition) is 4. The lowest BCUT2D eigenvalue weighted by molar-refractivity contribution is -0.124. The molecule has 0 bridgehead atoms. The van der Waals surface area contributed by atoms with E-state index in [4.69, 9.17) is 9.47 Å². The summed E-state index contributed by atoms with van der Waals surface area (Å²) in [5.74, 6) is -1.79. The molecule has 6 heteroatoms. The van der Waals surface area contributed by atoms with Crippen LogP contribution in [0.2, 0.25) is 0 Å². The van der Waals surface area contributed by atoms with Crippen molar-refractivity contribution in [1.29, 1.82) is 0 Å². The Morgan fingerprint density at radius 1 is 1.11 bits per heavy atom. The lowest BCUT2D eigenvalue weighted by atomic mass is 9.89. The van der Waals surface area contributed by atoms with Gasteiger partial charge in [-0.1, -0.05) is 18.2 Å². The van der Waals surface area contributed by atoms with Gasteiger partial charge in [-0.15, -0.1) is 0 Å². The number of carbonyl (C=O) groups is 2. The summed E-state index contributed by atoms with van der Waals surface area (Å²) in [6, 6.07) is 9.89. The van der Waals surface area contributed by atoms with Crippen molar-refractivity contribution in [2.24, 2.45) is 0 Å². The summed E-state index contributed by atoms with van der Waals surface area (Å²) in [6.45, 7) is 1.41. The third-order valence-electron chi connectivity index (χ3n) is 4.98. The third-order valence-corrected chi connectivity index (χ3v) is 4.98. The van der Waals surface area contributed by atoms with E-state index in [1.54, 1.807) is 0 Å². The number of methoxy groups -OCH3 is 1. The lowest BCUT2D eigenvalue weighted by Crippen LogP contribution is -2.31. The van der Waals surface area contributed by atoms with Crippen molar-refractivity contribution in [3.63, 3.8) is 0 Å². The molecule has 148 valence electrons. The molecular weight excluding hydrogens is 361 g/mol. The molecule has 0 saturated heterocycles. The molecule has 0 spiro atoms. The Hall–Kier alpha value is -2.89. The minimum Gasteiger partial charge on any atom is -0.497 e. The number of hydrogen-bond donors (Lipinski definition) is 1. The van der Waals surface area contributed by atoms with E-state index in [-0.39, 0.29) is 11.6 Å². The standard InChI is InChI=1S/C22H24FNO4/c1-14(16-8-7-15-5-3-4-6-17(15)11-16)24-21(25)13-28-22(26)19-10-9-18(27-2)12-20(19)23/h7-12,14H,3-6,13H2,1-2H3,(H,24,25)/t14-/m1/s1. The normalized spacial score (nSPS) is 14.0. The van der Waals surface area contributed by atoms with Gasteiger partial charge in [-0.05, 0) is 61.4 Å². The molecule has 0 aliphatic heterocycles. The van der Waals surface area contributed by atoms with E-state index in [2.05, 4.69) is 17.4 Å². The van der Waals surface area contributed by atoms with Crippen LogP contribution in [0.5, 0.6) is 5.75 Å². The first-order chi connectivity index (χ1) is 13.5. The van der Waals surface area contributed by atoms with Crippen LogP contribution in [0.4, 0.5) is 4.39 Å². The highest BCUT2D eigenvalue weighted by molar-refractivity contribution is 5.91. The van der Waals surface area contributed by atoms with Crippen LogP contribution in [0, 0.1) is 5.82 Å². The van der Waals surface area contributed by atoms with E-state index in [0.717, 1.165) is 24.5 Å². The summed E-state index contributed by atoms with van der Waals surface area (Å²) in [4.78, 5) is 24.1. The molecular formula is C22H24FNO4. The maximum atomic E-state index is 13.9. The van der Waals surface area contributed by atoms with Crippen molar-refractivity contribution in [2.45, 2.75) is 38.6 Å². The molecule has 1 atom stereocenters. The summed E-state index contributed by atoms with van der Waals surface area (Å²) in [7, 11) is 1.40. The number of rotatable bonds is 6. The van der Waals surface area contributed by atoms with Gasteiger partial charge in [0, 0.05) is 6.07 Å². The molecule has 0 heterocycles. The number of halogens is 1. The number of nitrogens with one attached hydrogen (secondary N) is 1. The van der Waals surface area contributed by atoms with E-state index in [1.807, 2.05) is 13.0 Å². The van der Waals surface area contributed by atoms with Gasteiger partial charge in [-0.2, -0.15) is 0 Å². The summed E-state index contributed by atoms with van der Waals surface area (Å²) < 4.78 is 23.7. The Morgan fingerprint density at radius 2 is 1.86 bits per heavy atom. The topological polar surface area (TPSA) is 64.6 Å². The van der Waals surface area contributed by atoms with E-state index >= 15 is 0 Å². The molecule has 1 aliphatic carbocycles. The van der Waals surface area contributed by atoms with Gasteiger partial charge in [0.15, 0.2) is 6.61 Å². The summed E-state index contributed by atoms with van der Waals surface area (Å²) >= 11 is 0. The first kappa shape index (κ1) is 19.9. The molecule has 2 aromatic carbocycles. The average molecular weight is 385 g/mol. The van der Waals surface area contributed by atoms with Crippen LogP contribution in [0.1, 0.15) is 52.9 Å². The number of amides is 1. The molecule has 0 fully saturated rings. The minimum absolute atomic E-state index is 0.212. The zero-order valence-corrected chi connectivity index (χ0v) is 16.1. The van der Waals surface area contributed by atoms with Crippen LogP contribution in [0.3, 0.4) is 0 Å². The molecule has 28 heavy (non-hydrogen) atoms. The fraction of sp³-hybridized carbons (Fsp3) is 0.364. The van der Waals surface area contributed by atoms with Gasteiger partial charge in [0.25, 0.3) is 5.91 Å². The molecule has 0 unspecified atom stereocenters. The van der Waals surface area contributed by atoms with Crippen molar-refractivity contribution in [3.05, 3.63) is 64.5 Å². The van der Waals surface area contributed by atoms with Gasteiger partial charge in [0.05, 0.1) is 18.7 Å². The van der Waals surface area contributed by atoms with E-state index in [9.17, 15) is 14.0 Å². The van der Waals surface area contributed by atoms with Gasteiger partial charge < -0.3 is 14.8 Å². The van der Waals surface area contributed by atoms with Gasteiger partial charge >= 0.3 is 5.97 Å². The predicted molar refractivity (Wildman–Crippen MR) is 103 cm³/mol. The number of ether oxygens (including phenoxy) is 2. The minimum atomic E-state index is -0.892. The zero-order valence-electron chi connectivity index (χ0n) is 16.1. The van der Waals surface area contributed by atoms with Crippen LogP contribution < -0.4 is 10.1 Å². The maximum absolute atomic E-state index is 13.9. The number of benzene rings is 2. The summed E-state index contributed by atoms with van der Waals surface area (Å²) in [5.41, 5.74) is 3.49. The number of aryl methyl sites for hydroxylation is 2. The van der Waals surface area contributed by atoms with Crippen molar-refractivity contribution >= 4 is 11.9 Å². The molecule has 3 rings (SSSR count). The Morgan fingerprint density at radius 3 is 2.57 bits per heavy atom. The van der Waals surface area contributed by atoms with E-state index in [0.29, 0.717) is 5.75 Å². The Labute approximate surface area is 163 Å². The Balaban J connectivity index is 1.54. The average Bonchev–Trinajstić information content (AvgIpc) is 2.71. The first-order valence-electron chi connectivity index (χ1n) is 9.39. The van der Waals surface area contributed by atoms with Gasteiger partial charge in [0.2, 0.25) is 0 Å². The van der Waals surface area contributed by atoms with Crippen LogP contribution in [-0.2, 0) is 22.4 Å². The van der Waals surface area contributed by atoms with Crippen LogP contribution in [0.15, 0.2) is 36.4 Å². The summed E-state index contributed by atoms with van der Waals surface area (Å²) in [5, 5.41) is 2.81. The van der Waals surface area contributed by atoms with Crippen molar-refractivity contribution < 1.29 is 23.5 Å². The number of fused-ring (bicyclic) bond motifs is 1. The Kier molecular flexibility index (Phi) is 6.29. The largest absolute Gasteiger partial charge is 0.497 e. The van der Waals surface area contributed by atoms with E-state index < -0.39 is 24.3 Å². The molecule has 1 aliphatic rings. The quantitative estimate of drug-likeness (QED) is 0.770. The smallest absolute Gasteiger partial charge is 0.341 e.